The average molecular weight is 270 g/mol. The van der Waals surface area contributed by atoms with Crippen LogP contribution >= 0.6 is 0 Å². The number of benzene rings is 1. The summed E-state index contributed by atoms with van der Waals surface area (Å²) in [6.45, 7) is 7.71. The summed E-state index contributed by atoms with van der Waals surface area (Å²) in [4.78, 5) is 4.63. The van der Waals surface area contributed by atoms with Gasteiger partial charge in [0.25, 0.3) is 0 Å². The van der Waals surface area contributed by atoms with Gasteiger partial charge in [-0.05, 0) is 50.2 Å². The fraction of sp³-hybridized carbons (Fsp3) is 0.353. The van der Waals surface area contributed by atoms with E-state index in [2.05, 4.69) is 41.5 Å². The first kappa shape index (κ1) is 14.5. The summed E-state index contributed by atoms with van der Waals surface area (Å²) in [5.41, 5.74) is 3.29. The first-order valence-corrected chi connectivity index (χ1v) is 7.14. The molecule has 1 heterocycles. The minimum absolute atomic E-state index is 0.121. The number of hydrogen-bond donors (Lipinski definition) is 1. The van der Waals surface area contributed by atoms with Gasteiger partial charge in [-0.15, -0.1) is 0 Å². The van der Waals surface area contributed by atoms with Crippen molar-refractivity contribution in [2.45, 2.75) is 26.8 Å². The Labute approximate surface area is 121 Å². The van der Waals surface area contributed by atoms with E-state index in [1.165, 1.54) is 5.56 Å². The summed E-state index contributed by atoms with van der Waals surface area (Å²) in [5.74, 6) is 0.906. The minimum atomic E-state index is 0.121. The van der Waals surface area contributed by atoms with Gasteiger partial charge in [0, 0.05) is 5.69 Å². The number of aryl methyl sites for hydroxylation is 1. The first-order valence-electron chi connectivity index (χ1n) is 7.14. The summed E-state index contributed by atoms with van der Waals surface area (Å²) < 4.78 is 5.49. The van der Waals surface area contributed by atoms with Crippen LogP contribution in [0.2, 0.25) is 0 Å². The molecule has 0 aliphatic carbocycles. The molecule has 3 nitrogen and oxygen atoms in total. The van der Waals surface area contributed by atoms with Crippen LogP contribution in [0.1, 0.15) is 36.8 Å². The van der Waals surface area contributed by atoms with Crippen molar-refractivity contribution in [3.63, 3.8) is 0 Å². The molecule has 2 aromatic rings. The molecule has 1 aromatic heterocycles. The number of nitrogens with zero attached hydrogens (tertiary/aromatic N) is 1. The maximum Gasteiger partial charge on any atom is 0.119 e. The van der Waals surface area contributed by atoms with Crippen LogP contribution in [-0.2, 0) is 0 Å². The zero-order chi connectivity index (χ0) is 14.4. The molecule has 2 rings (SSSR count). The number of rotatable bonds is 6. The van der Waals surface area contributed by atoms with Gasteiger partial charge in [-0.2, -0.15) is 0 Å². The topological polar surface area (TPSA) is 34.1 Å². The Balaban J connectivity index is 2.28. The minimum Gasteiger partial charge on any atom is -0.494 e. The summed E-state index contributed by atoms with van der Waals surface area (Å²) in [6.07, 6.45) is 0. The van der Waals surface area contributed by atoms with Crippen molar-refractivity contribution >= 4 is 0 Å². The molecule has 3 heteroatoms. The molecular formula is C17H22N2O. The van der Waals surface area contributed by atoms with E-state index in [0.717, 1.165) is 23.7 Å². The van der Waals surface area contributed by atoms with Crippen LogP contribution in [0.15, 0.2) is 42.5 Å². The van der Waals surface area contributed by atoms with Crippen molar-refractivity contribution in [1.29, 1.82) is 0 Å². The summed E-state index contributed by atoms with van der Waals surface area (Å²) in [7, 11) is 0. The van der Waals surface area contributed by atoms with Gasteiger partial charge in [0.15, 0.2) is 0 Å². The van der Waals surface area contributed by atoms with Gasteiger partial charge in [0.05, 0.1) is 18.3 Å². The molecular weight excluding hydrogens is 248 g/mol. The Hall–Kier alpha value is -1.87. The molecule has 1 aromatic carbocycles. The zero-order valence-electron chi connectivity index (χ0n) is 12.4. The highest BCUT2D eigenvalue weighted by Gasteiger charge is 2.14. The molecule has 1 N–H and O–H groups in total. The quantitative estimate of drug-likeness (QED) is 0.872. The van der Waals surface area contributed by atoms with Gasteiger partial charge >= 0.3 is 0 Å². The van der Waals surface area contributed by atoms with Gasteiger partial charge in [0.1, 0.15) is 5.75 Å². The van der Waals surface area contributed by atoms with Crippen LogP contribution in [0.3, 0.4) is 0 Å². The Morgan fingerprint density at radius 2 is 1.85 bits per heavy atom. The predicted molar refractivity (Wildman–Crippen MR) is 82.1 cm³/mol. The largest absolute Gasteiger partial charge is 0.494 e. The Bertz CT molecular complexity index is 537. The fourth-order valence-corrected chi connectivity index (χ4v) is 2.25. The van der Waals surface area contributed by atoms with E-state index < -0.39 is 0 Å². The number of pyridine rings is 1. The standard InChI is InChI=1S/C17H22N2O/c1-4-18-17(16-8-6-7-13(3)19-16)14-9-11-15(12-10-14)20-5-2/h6-12,17-18H,4-5H2,1-3H3. The molecule has 0 spiro atoms. The van der Waals surface area contributed by atoms with Crippen LogP contribution in [0.4, 0.5) is 0 Å². The van der Waals surface area contributed by atoms with Crippen molar-refractivity contribution in [2.24, 2.45) is 0 Å². The maximum absolute atomic E-state index is 5.49. The normalized spacial score (nSPS) is 12.2. The molecule has 0 aliphatic heterocycles. The van der Waals surface area contributed by atoms with E-state index in [9.17, 15) is 0 Å². The van der Waals surface area contributed by atoms with E-state index in [0.29, 0.717) is 6.61 Å². The lowest BCUT2D eigenvalue weighted by atomic mass is 10.0. The van der Waals surface area contributed by atoms with Crippen LogP contribution in [0.5, 0.6) is 5.75 Å². The third-order valence-corrected chi connectivity index (χ3v) is 3.14. The van der Waals surface area contributed by atoms with Crippen LogP contribution < -0.4 is 10.1 Å². The SMILES string of the molecule is CCNC(c1ccc(OCC)cc1)c1cccc(C)n1. The van der Waals surface area contributed by atoms with Crippen molar-refractivity contribution in [3.8, 4) is 5.75 Å². The predicted octanol–water partition coefficient (Wildman–Crippen LogP) is 3.49. The lowest BCUT2D eigenvalue weighted by Crippen LogP contribution is -2.23. The third kappa shape index (κ3) is 3.58. The monoisotopic (exact) mass is 270 g/mol. The van der Waals surface area contributed by atoms with E-state index >= 15 is 0 Å². The highest BCUT2D eigenvalue weighted by Crippen LogP contribution is 2.23. The van der Waals surface area contributed by atoms with E-state index in [1.807, 2.05) is 32.0 Å². The molecule has 0 aliphatic rings. The molecule has 0 fully saturated rings. The number of hydrogen-bond acceptors (Lipinski definition) is 3. The zero-order valence-corrected chi connectivity index (χ0v) is 12.4. The molecule has 20 heavy (non-hydrogen) atoms. The highest BCUT2D eigenvalue weighted by atomic mass is 16.5. The van der Waals surface area contributed by atoms with Crippen molar-refractivity contribution in [1.82, 2.24) is 10.3 Å². The van der Waals surface area contributed by atoms with Gasteiger partial charge in [0.2, 0.25) is 0 Å². The molecule has 1 unspecified atom stereocenters. The van der Waals surface area contributed by atoms with Crippen molar-refractivity contribution in [3.05, 3.63) is 59.4 Å². The molecule has 1 atom stereocenters. The summed E-state index contributed by atoms with van der Waals surface area (Å²) in [5, 5.41) is 3.49. The number of aromatic nitrogens is 1. The summed E-state index contributed by atoms with van der Waals surface area (Å²) in [6, 6.07) is 14.5. The van der Waals surface area contributed by atoms with Crippen LogP contribution in [-0.4, -0.2) is 18.1 Å². The van der Waals surface area contributed by atoms with Gasteiger partial charge < -0.3 is 10.1 Å². The lowest BCUT2D eigenvalue weighted by Gasteiger charge is -2.18. The van der Waals surface area contributed by atoms with Crippen LogP contribution in [0, 0.1) is 6.92 Å². The second-order valence-electron chi connectivity index (χ2n) is 4.70. The highest BCUT2D eigenvalue weighted by molar-refractivity contribution is 5.33. The third-order valence-electron chi connectivity index (χ3n) is 3.14. The first-order chi connectivity index (χ1) is 9.74. The van der Waals surface area contributed by atoms with E-state index in [1.54, 1.807) is 0 Å². The average Bonchev–Trinajstić information content (AvgIpc) is 2.46. The molecule has 0 radical (unpaired) electrons. The Morgan fingerprint density at radius 3 is 2.45 bits per heavy atom. The van der Waals surface area contributed by atoms with Gasteiger partial charge in [-0.1, -0.05) is 25.1 Å². The van der Waals surface area contributed by atoms with Crippen LogP contribution in [0.25, 0.3) is 0 Å². The summed E-state index contributed by atoms with van der Waals surface area (Å²) >= 11 is 0. The number of nitrogens with one attached hydrogen (secondary N) is 1. The number of ether oxygens (including phenoxy) is 1. The smallest absolute Gasteiger partial charge is 0.119 e. The van der Waals surface area contributed by atoms with Gasteiger partial charge in [-0.3, -0.25) is 4.98 Å². The lowest BCUT2D eigenvalue weighted by molar-refractivity contribution is 0.340. The Morgan fingerprint density at radius 1 is 1.10 bits per heavy atom. The molecule has 0 saturated heterocycles. The maximum atomic E-state index is 5.49. The molecule has 0 amide bonds. The fourth-order valence-electron chi connectivity index (χ4n) is 2.25. The second kappa shape index (κ2) is 7.06. The van der Waals surface area contributed by atoms with Gasteiger partial charge in [-0.25, -0.2) is 0 Å². The molecule has 106 valence electrons. The molecule has 0 saturated carbocycles. The van der Waals surface area contributed by atoms with E-state index in [4.69, 9.17) is 4.74 Å². The second-order valence-corrected chi connectivity index (χ2v) is 4.70. The Kier molecular flexibility index (Phi) is 5.13. The van der Waals surface area contributed by atoms with Crippen molar-refractivity contribution < 1.29 is 4.74 Å². The van der Waals surface area contributed by atoms with Crippen molar-refractivity contribution in [2.75, 3.05) is 13.2 Å². The molecule has 0 bridgehead atoms. The van der Waals surface area contributed by atoms with E-state index in [-0.39, 0.29) is 6.04 Å².